The third kappa shape index (κ3) is 5.23. The summed E-state index contributed by atoms with van der Waals surface area (Å²) in [6.07, 6.45) is 4.08. The summed E-state index contributed by atoms with van der Waals surface area (Å²) in [5, 5.41) is 0. The molecule has 126 valence electrons. The fourth-order valence-electron chi connectivity index (χ4n) is 2.24. The molecule has 0 radical (unpaired) electrons. The van der Waals surface area contributed by atoms with Crippen molar-refractivity contribution in [3.63, 3.8) is 0 Å². The lowest BCUT2D eigenvalue weighted by Gasteiger charge is -2.19. The molecule has 2 aromatic carbocycles. The number of carbonyl (C=O) groups is 1. The first-order valence-electron chi connectivity index (χ1n) is 8.37. The van der Waals surface area contributed by atoms with Gasteiger partial charge < -0.3 is 9.64 Å². The number of benzene rings is 2. The molecule has 2 aromatic rings. The first kappa shape index (κ1) is 17.7. The van der Waals surface area contributed by atoms with Gasteiger partial charge in [0.1, 0.15) is 0 Å². The smallest absolute Gasteiger partial charge is 0.338 e. The molecule has 0 saturated carbocycles. The fraction of sp³-hybridized carbons (Fsp3) is 0.300. The lowest BCUT2D eigenvalue weighted by atomic mass is 10.2. The Bertz CT molecular complexity index is 651. The normalized spacial score (nSPS) is 10.8. The molecule has 0 N–H and O–H groups in total. The number of para-hydroxylation sites is 1. The number of aliphatic imine (C=N–C) groups is 1. The number of nitrogens with zero attached hydrogens (tertiary/aromatic N) is 2. The van der Waals surface area contributed by atoms with Crippen LogP contribution < -0.4 is 4.90 Å². The second kappa shape index (κ2) is 9.50. The Kier molecular flexibility index (Phi) is 7.02. The lowest BCUT2D eigenvalue weighted by molar-refractivity contribution is 0.0526. The van der Waals surface area contributed by atoms with Gasteiger partial charge in [-0.15, -0.1) is 0 Å². The maximum absolute atomic E-state index is 11.7. The highest BCUT2D eigenvalue weighted by molar-refractivity contribution is 5.90. The molecule has 2 rings (SSSR count). The summed E-state index contributed by atoms with van der Waals surface area (Å²) < 4.78 is 4.98. The molecular weight excluding hydrogens is 300 g/mol. The van der Waals surface area contributed by atoms with Crippen LogP contribution in [0.5, 0.6) is 0 Å². The largest absolute Gasteiger partial charge is 0.462 e. The summed E-state index contributed by atoms with van der Waals surface area (Å²) in [4.78, 5) is 18.3. The van der Waals surface area contributed by atoms with Crippen LogP contribution in [0.15, 0.2) is 59.6 Å². The van der Waals surface area contributed by atoms with E-state index in [0.717, 1.165) is 30.8 Å². The van der Waals surface area contributed by atoms with Gasteiger partial charge in [0.15, 0.2) is 0 Å². The molecule has 0 spiro atoms. The van der Waals surface area contributed by atoms with E-state index in [9.17, 15) is 4.79 Å². The van der Waals surface area contributed by atoms with Gasteiger partial charge in [-0.1, -0.05) is 31.5 Å². The predicted octanol–water partition coefficient (Wildman–Crippen LogP) is 4.83. The lowest BCUT2D eigenvalue weighted by Crippen LogP contribution is -2.22. The Balaban J connectivity index is 2.09. The van der Waals surface area contributed by atoms with E-state index in [1.165, 1.54) is 0 Å². The Hall–Kier alpha value is -2.62. The molecule has 0 aliphatic carbocycles. The highest BCUT2D eigenvalue weighted by atomic mass is 16.5. The monoisotopic (exact) mass is 324 g/mol. The minimum Gasteiger partial charge on any atom is -0.462 e. The predicted molar refractivity (Wildman–Crippen MR) is 99.2 cm³/mol. The van der Waals surface area contributed by atoms with Crippen LogP contribution in [0.1, 0.15) is 37.0 Å². The number of ether oxygens (including phenoxy) is 1. The van der Waals surface area contributed by atoms with Gasteiger partial charge in [-0.05, 0) is 49.7 Å². The summed E-state index contributed by atoms with van der Waals surface area (Å²) in [5.41, 5.74) is 2.47. The molecule has 0 bridgehead atoms. The first-order valence-corrected chi connectivity index (χ1v) is 8.37. The van der Waals surface area contributed by atoms with Gasteiger partial charge >= 0.3 is 5.97 Å². The number of carbonyl (C=O) groups excluding carboxylic acids is 1. The van der Waals surface area contributed by atoms with E-state index in [1.54, 1.807) is 19.1 Å². The second-order valence-electron chi connectivity index (χ2n) is 5.39. The molecule has 0 fully saturated rings. The number of hydrogen-bond acceptors (Lipinski definition) is 3. The van der Waals surface area contributed by atoms with Crippen LogP contribution in [0.3, 0.4) is 0 Å². The highest BCUT2D eigenvalue weighted by Gasteiger charge is 2.06. The van der Waals surface area contributed by atoms with Gasteiger partial charge in [-0.3, -0.25) is 0 Å². The van der Waals surface area contributed by atoms with Crippen molar-refractivity contribution in [3.8, 4) is 0 Å². The van der Waals surface area contributed by atoms with Gasteiger partial charge in [-0.2, -0.15) is 0 Å². The third-order valence-corrected chi connectivity index (χ3v) is 3.57. The van der Waals surface area contributed by atoms with Crippen LogP contribution in [0.25, 0.3) is 0 Å². The van der Waals surface area contributed by atoms with E-state index in [2.05, 4.69) is 28.9 Å². The minimum absolute atomic E-state index is 0.304. The summed E-state index contributed by atoms with van der Waals surface area (Å²) in [6.45, 7) is 5.27. The summed E-state index contributed by atoms with van der Waals surface area (Å²) in [5.74, 6) is -0.304. The zero-order chi connectivity index (χ0) is 17.2. The molecule has 0 aliphatic rings. The quantitative estimate of drug-likeness (QED) is 0.397. The molecule has 0 unspecified atom stereocenters. The van der Waals surface area contributed by atoms with Crippen molar-refractivity contribution in [1.29, 1.82) is 0 Å². The van der Waals surface area contributed by atoms with Crippen LogP contribution in [-0.2, 0) is 4.74 Å². The second-order valence-corrected chi connectivity index (χ2v) is 5.39. The van der Waals surface area contributed by atoms with Crippen molar-refractivity contribution in [2.24, 2.45) is 4.99 Å². The molecule has 0 aromatic heterocycles. The van der Waals surface area contributed by atoms with Gasteiger partial charge in [0.05, 0.1) is 24.2 Å². The standard InChI is InChI=1S/C20H24N2O2/c1-3-5-15-22(19-9-7-6-8-10-19)16-21-18-13-11-17(12-14-18)20(23)24-4-2/h6-14,16H,3-5,15H2,1-2H3/b21-16+. The van der Waals surface area contributed by atoms with E-state index in [1.807, 2.05) is 36.7 Å². The summed E-state index contributed by atoms with van der Waals surface area (Å²) >= 11 is 0. The maximum atomic E-state index is 11.7. The van der Waals surface area contributed by atoms with Gasteiger partial charge in [0, 0.05) is 12.2 Å². The average molecular weight is 324 g/mol. The summed E-state index contributed by atoms with van der Waals surface area (Å²) in [7, 11) is 0. The zero-order valence-electron chi connectivity index (χ0n) is 14.3. The Morgan fingerprint density at radius 3 is 2.42 bits per heavy atom. The van der Waals surface area contributed by atoms with Crippen molar-refractivity contribution in [2.75, 3.05) is 18.1 Å². The Morgan fingerprint density at radius 2 is 1.79 bits per heavy atom. The van der Waals surface area contributed by atoms with E-state index >= 15 is 0 Å². The first-order chi connectivity index (χ1) is 11.7. The van der Waals surface area contributed by atoms with Gasteiger partial charge in [-0.25, -0.2) is 9.79 Å². The van der Waals surface area contributed by atoms with Crippen LogP contribution in [0.4, 0.5) is 11.4 Å². The van der Waals surface area contributed by atoms with Gasteiger partial charge in [0.25, 0.3) is 0 Å². The SMILES string of the molecule is CCCCN(/C=N/c1ccc(C(=O)OCC)cc1)c1ccccc1. The number of rotatable bonds is 8. The minimum atomic E-state index is -0.304. The summed E-state index contributed by atoms with van der Waals surface area (Å²) in [6, 6.07) is 17.3. The third-order valence-electron chi connectivity index (χ3n) is 3.57. The number of unbranched alkanes of at least 4 members (excludes halogenated alkanes) is 1. The molecule has 4 nitrogen and oxygen atoms in total. The topological polar surface area (TPSA) is 41.9 Å². The Morgan fingerprint density at radius 1 is 1.08 bits per heavy atom. The van der Waals surface area contributed by atoms with E-state index in [-0.39, 0.29) is 5.97 Å². The van der Waals surface area contributed by atoms with Crippen LogP contribution in [-0.4, -0.2) is 25.5 Å². The van der Waals surface area contributed by atoms with Crippen LogP contribution in [0, 0.1) is 0 Å². The Labute approximate surface area is 143 Å². The fourth-order valence-corrected chi connectivity index (χ4v) is 2.24. The molecule has 0 atom stereocenters. The van der Waals surface area contributed by atoms with Crippen molar-refractivity contribution >= 4 is 23.7 Å². The highest BCUT2D eigenvalue weighted by Crippen LogP contribution is 2.16. The van der Waals surface area contributed by atoms with Crippen molar-refractivity contribution in [2.45, 2.75) is 26.7 Å². The van der Waals surface area contributed by atoms with Crippen molar-refractivity contribution in [3.05, 3.63) is 60.2 Å². The van der Waals surface area contributed by atoms with Crippen LogP contribution >= 0.6 is 0 Å². The van der Waals surface area contributed by atoms with Crippen molar-refractivity contribution < 1.29 is 9.53 Å². The molecular formula is C20H24N2O2. The average Bonchev–Trinajstić information content (AvgIpc) is 2.63. The number of anilines is 1. The van der Waals surface area contributed by atoms with Crippen molar-refractivity contribution in [1.82, 2.24) is 0 Å². The van der Waals surface area contributed by atoms with E-state index in [4.69, 9.17) is 4.74 Å². The molecule has 0 aliphatic heterocycles. The number of esters is 1. The maximum Gasteiger partial charge on any atom is 0.338 e. The van der Waals surface area contributed by atoms with Crippen LogP contribution in [0.2, 0.25) is 0 Å². The van der Waals surface area contributed by atoms with Gasteiger partial charge in [0.2, 0.25) is 0 Å². The van der Waals surface area contributed by atoms with E-state index in [0.29, 0.717) is 12.2 Å². The zero-order valence-corrected chi connectivity index (χ0v) is 14.3. The molecule has 24 heavy (non-hydrogen) atoms. The molecule has 4 heteroatoms. The van der Waals surface area contributed by atoms with E-state index < -0.39 is 0 Å². The number of hydrogen-bond donors (Lipinski definition) is 0. The molecule has 0 amide bonds. The molecule has 0 saturated heterocycles. The molecule has 0 heterocycles.